The van der Waals surface area contributed by atoms with Crippen LogP contribution in [0.1, 0.15) is 25.3 Å². The molecule has 6 aromatic carbocycles. The topological polar surface area (TPSA) is 0 Å². The van der Waals surface area contributed by atoms with E-state index in [0.717, 1.165) is 0 Å². The van der Waals surface area contributed by atoms with Crippen LogP contribution in [0.25, 0.3) is 55.3 Å². The first kappa shape index (κ1) is 23.0. The predicted molar refractivity (Wildman–Crippen MR) is 160 cm³/mol. The lowest BCUT2D eigenvalue weighted by atomic mass is 9.79. The average molecular weight is 475 g/mol. The molecule has 0 aliphatic rings. The molecule has 0 aromatic heterocycles. The standard InChI is InChI=1S/C37H30/c1-26(2)27-22-24-31(25-23-27)35-33-21-13-12-20-32(33)34(28-14-6-3-7-15-28)36(29-16-8-4-9-17-29)37(35)30-18-10-5-11-19-30/h3-26H,1-2H3. The van der Waals surface area contributed by atoms with E-state index < -0.39 is 0 Å². The quantitative estimate of drug-likeness (QED) is 0.233. The molecule has 0 aliphatic carbocycles. The van der Waals surface area contributed by atoms with Crippen LogP contribution < -0.4 is 0 Å². The fourth-order valence-corrected chi connectivity index (χ4v) is 5.46. The summed E-state index contributed by atoms with van der Waals surface area (Å²) in [5, 5.41) is 2.55. The molecular formula is C37H30. The minimum absolute atomic E-state index is 0.500. The van der Waals surface area contributed by atoms with Gasteiger partial charge in [-0.2, -0.15) is 0 Å². The molecule has 0 unspecified atom stereocenters. The number of rotatable bonds is 5. The smallest absolute Gasteiger partial charge is 0.00141 e. The summed E-state index contributed by atoms with van der Waals surface area (Å²) in [6.07, 6.45) is 0. The second-order valence-electron chi connectivity index (χ2n) is 9.92. The van der Waals surface area contributed by atoms with E-state index in [1.807, 2.05) is 0 Å². The Morgan fingerprint density at radius 1 is 0.324 bits per heavy atom. The zero-order chi connectivity index (χ0) is 25.2. The van der Waals surface area contributed by atoms with Crippen molar-refractivity contribution in [2.45, 2.75) is 19.8 Å². The maximum atomic E-state index is 2.31. The molecule has 0 amide bonds. The van der Waals surface area contributed by atoms with Crippen molar-refractivity contribution in [3.63, 3.8) is 0 Å². The Morgan fingerprint density at radius 2 is 0.649 bits per heavy atom. The van der Waals surface area contributed by atoms with Crippen LogP contribution in [-0.2, 0) is 0 Å². The van der Waals surface area contributed by atoms with Crippen LogP contribution in [0.3, 0.4) is 0 Å². The summed E-state index contributed by atoms with van der Waals surface area (Å²) >= 11 is 0. The average Bonchev–Trinajstić information content (AvgIpc) is 2.97. The molecule has 0 radical (unpaired) electrons. The van der Waals surface area contributed by atoms with Gasteiger partial charge < -0.3 is 0 Å². The minimum atomic E-state index is 0.500. The molecule has 6 rings (SSSR count). The molecule has 178 valence electrons. The summed E-state index contributed by atoms with van der Waals surface area (Å²) in [6, 6.07) is 50.7. The van der Waals surface area contributed by atoms with Crippen molar-refractivity contribution in [3.05, 3.63) is 145 Å². The molecule has 0 N–H and O–H groups in total. The second kappa shape index (κ2) is 9.91. The second-order valence-corrected chi connectivity index (χ2v) is 9.92. The van der Waals surface area contributed by atoms with Crippen LogP contribution in [0.5, 0.6) is 0 Å². The highest BCUT2D eigenvalue weighted by Gasteiger charge is 2.23. The zero-order valence-corrected chi connectivity index (χ0v) is 21.4. The molecule has 0 aliphatic heterocycles. The van der Waals surface area contributed by atoms with E-state index in [1.165, 1.54) is 60.8 Å². The van der Waals surface area contributed by atoms with Crippen LogP contribution in [0.4, 0.5) is 0 Å². The van der Waals surface area contributed by atoms with Crippen molar-refractivity contribution in [1.29, 1.82) is 0 Å². The van der Waals surface area contributed by atoms with Crippen molar-refractivity contribution >= 4 is 10.8 Å². The molecule has 0 spiro atoms. The van der Waals surface area contributed by atoms with Crippen molar-refractivity contribution in [3.8, 4) is 44.5 Å². The van der Waals surface area contributed by atoms with E-state index in [4.69, 9.17) is 0 Å². The third kappa shape index (κ3) is 4.26. The first-order valence-electron chi connectivity index (χ1n) is 13.1. The highest BCUT2D eigenvalue weighted by molar-refractivity contribution is 6.18. The van der Waals surface area contributed by atoms with Crippen LogP contribution >= 0.6 is 0 Å². The van der Waals surface area contributed by atoms with E-state index in [2.05, 4.69) is 153 Å². The molecule has 0 saturated heterocycles. The van der Waals surface area contributed by atoms with Crippen LogP contribution in [0.2, 0.25) is 0 Å². The Bertz CT molecular complexity index is 1640. The summed E-state index contributed by atoms with van der Waals surface area (Å²) in [6.45, 7) is 4.50. The highest BCUT2D eigenvalue weighted by Crippen LogP contribution is 2.50. The van der Waals surface area contributed by atoms with Gasteiger partial charge in [0.1, 0.15) is 0 Å². The number of hydrogen-bond acceptors (Lipinski definition) is 0. The molecule has 0 nitrogen and oxygen atoms in total. The lowest BCUT2D eigenvalue weighted by Crippen LogP contribution is -1.97. The maximum absolute atomic E-state index is 2.31. The highest BCUT2D eigenvalue weighted by atomic mass is 14.3. The minimum Gasteiger partial charge on any atom is -0.0622 e. The molecule has 0 bridgehead atoms. The summed E-state index contributed by atoms with van der Waals surface area (Å²) in [5.41, 5.74) is 11.4. The molecular weight excluding hydrogens is 444 g/mol. The molecule has 37 heavy (non-hydrogen) atoms. The van der Waals surface area contributed by atoms with Gasteiger partial charge in [-0.15, -0.1) is 0 Å². The Labute approximate surface area is 219 Å². The molecule has 6 aromatic rings. The summed E-state index contributed by atoms with van der Waals surface area (Å²) in [4.78, 5) is 0. The first-order chi connectivity index (χ1) is 18.2. The lowest BCUT2D eigenvalue weighted by Gasteiger charge is -2.24. The predicted octanol–water partition coefficient (Wildman–Crippen LogP) is 10.6. The van der Waals surface area contributed by atoms with Crippen molar-refractivity contribution < 1.29 is 0 Å². The monoisotopic (exact) mass is 474 g/mol. The SMILES string of the molecule is CC(C)c1ccc(-c2c(-c3ccccc3)c(-c3ccccc3)c(-c3ccccc3)c3ccccc23)cc1. The molecule has 0 saturated carbocycles. The first-order valence-corrected chi connectivity index (χ1v) is 13.1. The van der Waals surface area contributed by atoms with Crippen LogP contribution in [0, 0.1) is 0 Å². The summed E-state index contributed by atoms with van der Waals surface area (Å²) in [7, 11) is 0. The Balaban J connectivity index is 1.84. The Kier molecular flexibility index (Phi) is 6.16. The van der Waals surface area contributed by atoms with Gasteiger partial charge in [0, 0.05) is 0 Å². The third-order valence-electron chi connectivity index (χ3n) is 7.27. The fourth-order valence-electron chi connectivity index (χ4n) is 5.46. The molecule has 0 heterocycles. The fraction of sp³-hybridized carbons (Fsp3) is 0.0811. The number of benzene rings is 6. The number of hydrogen-bond donors (Lipinski definition) is 0. The largest absolute Gasteiger partial charge is 0.0622 e. The van der Waals surface area contributed by atoms with E-state index in [9.17, 15) is 0 Å². The summed E-state index contributed by atoms with van der Waals surface area (Å²) < 4.78 is 0. The zero-order valence-electron chi connectivity index (χ0n) is 21.4. The lowest BCUT2D eigenvalue weighted by molar-refractivity contribution is 0.867. The van der Waals surface area contributed by atoms with Crippen molar-refractivity contribution in [1.82, 2.24) is 0 Å². The Hall–Kier alpha value is -4.42. The van der Waals surface area contributed by atoms with Crippen molar-refractivity contribution in [2.24, 2.45) is 0 Å². The maximum Gasteiger partial charge on any atom is -0.00141 e. The molecule has 0 heteroatoms. The molecule has 0 atom stereocenters. The van der Waals surface area contributed by atoms with Gasteiger partial charge >= 0.3 is 0 Å². The van der Waals surface area contributed by atoms with E-state index >= 15 is 0 Å². The van der Waals surface area contributed by atoms with Gasteiger partial charge in [0.25, 0.3) is 0 Å². The Morgan fingerprint density at radius 3 is 1.03 bits per heavy atom. The van der Waals surface area contributed by atoms with Gasteiger partial charge in [-0.3, -0.25) is 0 Å². The van der Waals surface area contributed by atoms with Gasteiger partial charge in [-0.1, -0.05) is 153 Å². The van der Waals surface area contributed by atoms with Gasteiger partial charge in [0.2, 0.25) is 0 Å². The number of fused-ring (bicyclic) bond motifs is 1. The van der Waals surface area contributed by atoms with E-state index in [-0.39, 0.29) is 0 Å². The van der Waals surface area contributed by atoms with Gasteiger partial charge in [0.05, 0.1) is 0 Å². The van der Waals surface area contributed by atoms with Crippen LogP contribution in [-0.4, -0.2) is 0 Å². The van der Waals surface area contributed by atoms with Crippen LogP contribution in [0.15, 0.2) is 140 Å². The van der Waals surface area contributed by atoms with E-state index in [0.29, 0.717) is 5.92 Å². The molecule has 0 fully saturated rings. The summed E-state index contributed by atoms with van der Waals surface area (Å²) in [5.74, 6) is 0.500. The van der Waals surface area contributed by atoms with Gasteiger partial charge in [-0.25, -0.2) is 0 Å². The van der Waals surface area contributed by atoms with E-state index in [1.54, 1.807) is 0 Å². The van der Waals surface area contributed by atoms with Gasteiger partial charge in [-0.05, 0) is 66.8 Å². The van der Waals surface area contributed by atoms with Gasteiger partial charge in [0.15, 0.2) is 0 Å². The van der Waals surface area contributed by atoms with Crippen molar-refractivity contribution in [2.75, 3.05) is 0 Å². The third-order valence-corrected chi connectivity index (χ3v) is 7.27. The normalized spacial score (nSPS) is 11.2.